The fourth-order valence-electron chi connectivity index (χ4n) is 2.21. The van der Waals surface area contributed by atoms with Gasteiger partial charge in [-0.1, -0.05) is 5.16 Å². The number of nitrogens with zero attached hydrogens (tertiary/aromatic N) is 2. The summed E-state index contributed by atoms with van der Waals surface area (Å²) in [7, 11) is 0. The van der Waals surface area contributed by atoms with Crippen LogP contribution in [0.25, 0.3) is 0 Å². The van der Waals surface area contributed by atoms with Crippen molar-refractivity contribution in [3.63, 3.8) is 0 Å². The molecule has 1 heterocycles. The van der Waals surface area contributed by atoms with E-state index in [1.165, 1.54) is 26.0 Å². The lowest BCUT2D eigenvalue weighted by atomic mass is 10.1. The van der Waals surface area contributed by atoms with Gasteiger partial charge in [0.1, 0.15) is 18.1 Å². The first-order valence-electron chi connectivity index (χ1n) is 7.95. The van der Waals surface area contributed by atoms with Gasteiger partial charge >= 0.3 is 5.97 Å². The summed E-state index contributed by atoms with van der Waals surface area (Å²) in [6.07, 6.45) is 0. The summed E-state index contributed by atoms with van der Waals surface area (Å²) in [6, 6.07) is 6.13. The molecule has 0 bridgehead atoms. The predicted octanol–water partition coefficient (Wildman–Crippen LogP) is 2.55. The largest absolute Gasteiger partial charge is 0.508 e. The van der Waals surface area contributed by atoms with Gasteiger partial charge in [0.25, 0.3) is 0 Å². The van der Waals surface area contributed by atoms with E-state index in [0.717, 1.165) is 0 Å². The molecule has 142 valence electrons. The average molecular weight is 373 g/mol. The van der Waals surface area contributed by atoms with E-state index in [4.69, 9.17) is 19.4 Å². The highest BCUT2D eigenvalue weighted by Crippen LogP contribution is 2.15. The number of esters is 1. The van der Waals surface area contributed by atoms with Crippen LogP contribution in [0.2, 0.25) is 0 Å². The number of aryl methyl sites for hydroxylation is 1. The van der Waals surface area contributed by atoms with Crippen molar-refractivity contribution in [3.05, 3.63) is 52.9 Å². The monoisotopic (exact) mass is 373 g/mol. The van der Waals surface area contributed by atoms with Crippen LogP contribution in [-0.2, 0) is 16.1 Å². The normalized spacial score (nSPS) is 11.5. The van der Waals surface area contributed by atoms with Crippen LogP contribution in [-0.4, -0.2) is 39.3 Å². The second-order valence-electron chi connectivity index (χ2n) is 5.62. The Labute approximate surface area is 155 Å². The number of nitrogens with one attached hydrogen (secondary N) is 1. The van der Waals surface area contributed by atoms with E-state index >= 15 is 0 Å². The van der Waals surface area contributed by atoms with Crippen LogP contribution in [0.4, 0.5) is 0 Å². The lowest BCUT2D eigenvalue weighted by Crippen LogP contribution is -2.15. The zero-order valence-corrected chi connectivity index (χ0v) is 15.1. The number of Topliss-reactive ketones (excluding diaryl/α,β-unsaturated/α-hetero) is 1. The first-order chi connectivity index (χ1) is 12.8. The predicted molar refractivity (Wildman–Crippen MR) is 93.8 cm³/mol. The lowest BCUT2D eigenvalue weighted by molar-refractivity contribution is -0.113. The summed E-state index contributed by atoms with van der Waals surface area (Å²) in [5, 5.41) is 21.1. The molecule has 2 N–H and O–H groups in total. The van der Waals surface area contributed by atoms with E-state index in [1.54, 1.807) is 19.1 Å². The van der Waals surface area contributed by atoms with Gasteiger partial charge in [-0.15, -0.1) is 0 Å². The van der Waals surface area contributed by atoms with Gasteiger partial charge < -0.3 is 24.5 Å². The topological polar surface area (TPSA) is 136 Å². The van der Waals surface area contributed by atoms with Crippen LogP contribution in [0.15, 0.2) is 40.1 Å². The Bertz CT molecular complexity index is 867. The highest BCUT2D eigenvalue weighted by molar-refractivity contribution is 6.19. The molecule has 9 heteroatoms. The molecule has 0 aliphatic heterocycles. The van der Waals surface area contributed by atoms with E-state index < -0.39 is 24.1 Å². The minimum absolute atomic E-state index is 0.102. The van der Waals surface area contributed by atoms with Gasteiger partial charge in [0.2, 0.25) is 11.7 Å². The second kappa shape index (κ2) is 8.75. The van der Waals surface area contributed by atoms with Crippen molar-refractivity contribution in [1.29, 1.82) is 5.41 Å². The van der Waals surface area contributed by atoms with Crippen molar-refractivity contribution in [2.75, 3.05) is 6.61 Å². The van der Waals surface area contributed by atoms with Crippen molar-refractivity contribution in [3.8, 4) is 5.75 Å². The quantitative estimate of drug-likeness (QED) is 0.312. The third-order valence-electron chi connectivity index (χ3n) is 3.38. The fraction of sp³-hybridized carbons (Fsp3) is 0.278. The van der Waals surface area contributed by atoms with Gasteiger partial charge in [-0.2, -0.15) is 4.98 Å². The number of carbonyl (C=O) groups excluding carboxylic acids is 2. The summed E-state index contributed by atoms with van der Waals surface area (Å²) in [6.45, 7) is 3.88. The molecule has 1 aromatic heterocycles. The Kier molecular flexibility index (Phi) is 6.42. The van der Waals surface area contributed by atoms with Crippen LogP contribution in [0.1, 0.15) is 35.9 Å². The third kappa shape index (κ3) is 5.50. The van der Waals surface area contributed by atoms with Gasteiger partial charge in [0.15, 0.2) is 12.4 Å². The molecular weight excluding hydrogens is 354 g/mol. The Hall–Kier alpha value is -3.49. The number of allylic oxidation sites excluding steroid dienone is 1. The summed E-state index contributed by atoms with van der Waals surface area (Å²) >= 11 is 0. The SMILES string of the molecule is CC(=N)/C(C(C)=O)=C(/O)COC(=O)c1ccc(OCc2noc(C)n2)cc1. The lowest BCUT2D eigenvalue weighted by Gasteiger charge is -2.09. The molecule has 9 nitrogen and oxygen atoms in total. The number of aliphatic hydroxyl groups is 1. The molecule has 1 aromatic carbocycles. The molecule has 0 unspecified atom stereocenters. The number of hydrogen-bond acceptors (Lipinski definition) is 9. The number of carbonyl (C=O) groups is 2. The van der Waals surface area contributed by atoms with E-state index in [0.29, 0.717) is 17.5 Å². The van der Waals surface area contributed by atoms with Crippen LogP contribution in [0.5, 0.6) is 5.75 Å². The zero-order chi connectivity index (χ0) is 20.0. The molecule has 2 rings (SSSR count). The standard InChI is InChI=1S/C18H19N3O6/c1-10(19)17(11(2)22)15(23)8-26-18(24)13-4-6-14(7-5-13)25-9-16-20-12(3)27-21-16/h4-7,19,23H,8-9H2,1-3H3/b17-15-,19-10?. The van der Waals surface area contributed by atoms with Gasteiger partial charge in [0.05, 0.1) is 11.1 Å². The van der Waals surface area contributed by atoms with E-state index in [2.05, 4.69) is 10.1 Å². The van der Waals surface area contributed by atoms with E-state index in [1.807, 2.05) is 0 Å². The van der Waals surface area contributed by atoms with E-state index in [-0.39, 0.29) is 23.5 Å². The Morgan fingerprint density at radius 2 is 1.89 bits per heavy atom. The maximum atomic E-state index is 12.0. The molecule has 2 aromatic rings. The fourth-order valence-corrected chi connectivity index (χ4v) is 2.21. The van der Waals surface area contributed by atoms with Crippen LogP contribution in [0.3, 0.4) is 0 Å². The molecule has 0 fully saturated rings. The van der Waals surface area contributed by atoms with Gasteiger partial charge in [0, 0.05) is 12.6 Å². The number of ether oxygens (including phenoxy) is 2. The minimum Gasteiger partial charge on any atom is -0.508 e. The summed E-state index contributed by atoms with van der Waals surface area (Å²) in [5.41, 5.74) is -0.0286. The highest BCUT2D eigenvalue weighted by atomic mass is 16.5. The molecular formula is C18H19N3O6. The first-order valence-corrected chi connectivity index (χ1v) is 7.95. The summed E-state index contributed by atoms with van der Waals surface area (Å²) in [4.78, 5) is 27.5. The van der Waals surface area contributed by atoms with Crippen molar-refractivity contribution >= 4 is 17.5 Å². The maximum absolute atomic E-state index is 12.0. The molecule has 0 amide bonds. The number of aromatic nitrogens is 2. The second-order valence-corrected chi connectivity index (χ2v) is 5.62. The smallest absolute Gasteiger partial charge is 0.338 e. The Balaban J connectivity index is 1.94. The zero-order valence-electron chi connectivity index (χ0n) is 15.1. The van der Waals surface area contributed by atoms with Crippen molar-refractivity contribution in [1.82, 2.24) is 10.1 Å². The van der Waals surface area contributed by atoms with Crippen molar-refractivity contribution < 1.29 is 28.7 Å². The van der Waals surface area contributed by atoms with Gasteiger partial charge in [-0.3, -0.25) is 4.79 Å². The third-order valence-corrected chi connectivity index (χ3v) is 3.38. The number of hydrogen-bond donors (Lipinski definition) is 2. The Morgan fingerprint density at radius 3 is 2.41 bits per heavy atom. The van der Waals surface area contributed by atoms with Gasteiger partial charge in [-0.05, 0) is 38.1 Å². The number of aliphatic hydroxyl groups excluding tert-OH is 1. The number of ketones is 1. The summed E-state index contributed by atoms with van der Waals surface area (Å²) < 4.78 is 15.3. The maximum Gasteiger partial charge on any atom is 0.338 e. The summed E-state index contributed by atoms with van der Waals surface area (Å²) in [5.74, 6) is -0.285. The van der Waals surface area contributed by atoms with Crippen LogP contribution in [0, 0.1) is 12.3 Å². The molecule has 0 atom stereocenters. The van der Waals surface area contributed by atoms with E-state index in [9.17, 15) is 14.7 Å². The molecule has 0 spiro atoms. The van der Waals surface area contributed by atoms with Crippen molar-refractivity contribution in [2.45, 2.75) is 27.4 Å². The molecule has 0 aliphatic carbocycles. The molecule has 27 heavy (non-hydrogen) atoms. The molecule has 0 radical (unpaired) electrons. The highest BCUT2D eigenvalue weighted by Gasteiger charge is 2.16. The minimum atomic E-state index is -0.688. The molecule has 0 saturated carbocycles. The molecule has 0 aliphatic rings. The number of benzene rings is 1. The van der Waals surface area contributed by atoms with Gasteiger partial charge in [-0.25, -0.2) is 4.79 Å². The Morgan fingerprint density at radius 1 is 1.22 bits per heavy atom. The van der Waals surface area contributed by atoms with Crippen molar-refractivity contribution in [2.24, 2.45) is 0 Å². The molecule has 0 saturated heterocycles. The first kappa shape index (κ1) is 19.8. The average Bonchev–Trinajstić information content (AvgIpc) is 3.03. The van der Waals surface area contributed by atoms with Crippen LogP contribution < -0.4 is 4.74 Å². The number of rotatable bonds is 8. The van der Waals surface area contributed by atoms with Crippen LogP contribution >= 0.6 is 0 Å².